The van der Waals surface area contributed by atoms with Gasteiger partial charge in [-0.25, -0.2) is 8.42 Å². The van der Waals surface area contributed by atoms with E-state index in [0.29, 0.717) is 6.54 Å². The predicted octanol–water partition coefficient (Wildman–Crippen LogP) is 1.87. The zero-order valence-electron chi connectivity index (χ0n) is 11.0. The Morgan fingerprint density at radius 1 is 1.37 bits per heavy atom. The molecule has 1 fully saturated rings. The fourth-order valence-corrected chi connectivity index (χ4v) is 4.03. The minimum absolute atomic E-state index is 0.103. The zero-order chi connectivity index (χ0) is 13.9. The maximum Gasteiger partial charge on any atom is 0.153 e. The molecule has 106 valence electrons. The van der Waals surface area contributed by atoms with Crippen molar-refractivity contribution in [1.29, 1.82) is 0 Å². The van der Waals surface area contributed by atoms with E-state index in [1.54, 1.807) is 0 Å². The number of sulfone groups is 1. The van der Waals surface area contributed by atoms with Gasteiger partial charge in [0.15, 0.2) is 9.84 Å². The summed E-state index contributed by atoms with van der Waals surface area (Å²) in [5.74, 6) is 0.548. The summed E-state index contributed by atoms with van der Waals surface area (Å²) in [5, 5.41) is 4.03. The average molecular weight is 303 g/mol. The molecule has 0 bridgehead atoms. The van der Waals surface area contributed by atoms with Crippen LogP contribution in [0.25, 0.3) is 0 Å². The summed E-state index contributed by atoms with van der Waals surface area (Å²) in [6, 6.07) is 7.67. The molecule has 1 aromatic rings. The van der Waals surface area contributed by atoms with Crippen molar-refractivity contribution >= 4 is 27.1 Å². The molecular formula is C13H19ClN2O2S. The standard InChI is InChI=1S/C13H19ClN2O2S/c1-11-10-19(17,18)9-8-16(11)7-6-15-13-4-2-12(14)3-5-13/h2-5,11,15H,6-10H2,1H3. The van der Waals surface area contributed by atoms with Crippen molar-refractivity contribution in [3.05, 3.63) is 29.3 Å². The van der Waals surface area contributed by atoms with Gasteiger partial charge >= 0.3 is 0 Å². The molecule has 0 radical (unpaired) electrons. The van der Waals surface area contributed by atoms with Gasteiger partial charge in [-0.2, -0.15) is 0 Å². The van der Waals surface area contributed by atoms with Gasteiger partial charge < -0.3 is 5.32 Å². The van der Waals surface area contributed by atoms with Crippen LogP contribution in [-0.2, 0) is 9.84 Å². The predicted molar refractivity (Wildman–Crippen MR) is 79.6 cm³/mol. The maximum absolute atomic E-state index is 11.5. The summed E-state index contributed by atoms with van der Waals surface area (Å²) in [6.07, 6.45) is 0. The Bertz CT molecular complexity index is 516. The molecule has 1 aromatic carbocycles. The lowest BCUT2D eigenvalue weighted by molar-refractivity contribution is 0.235. The first-order valence-electron chi connectivity index (χ1n) is 6.40. The molecule has 1 aliphatic heterocycles. The van der Waals surface area contributed by atoms with Crippen molar-refractivity contribution in [1.82, 2.24) is 4.90 Å². The monoisotopic (exact) mass is 302 g/mol. The Labute approximate surface area is 119 Å². The molecule has 6 heteroatoms. The molecule has 19 heavy (non-hydrogen) atoms. The molecule has 0 amide bonds. The van der Waals surface area contributed by atoms with Crippen LogP contribution in [0.2, 0.25) is 5.02 Å². The van der Waals surface area contributed by atoms with E-state index in [4.69, 9.17) is 11.6 Å². The highest BCUT2D eigenvalue weighted by Gasteiger charge is 2.27. The smallest absolute Gasteiger partial charge is 0.153 e. The van der Waals surface area contributed by atoms with Gasteiger partial charge in [0.05, 0.1) is 11.5 Å². The lowest BCUT2D eigenvalue weighted by Crippen LogP contribution is -2.48. The third-order valence-corrected chi connectivity index (χ3v) is 5.43. The Kier molecular flexibility index (Phi) is 4.71. The van der Waals surface area contributed by atoms with Crippen molar-refractivity contribution in [2.24, 2.45) is 0 Å². The largest absolute Gasteiger partial charge is 0.384 e. The average Bonchev–Trinajstić information content (AvgIpc) is 2.34. The lowest BCUT2D eigenvalue weighted by Gasteiger charge is -2.33. The van der Waals surface area contributed by atoms with Gasteiger partial charge in [-0.1, -0.05) is 11.6 Å². The first-order valence-corrected chi connectivity index (χ1v) is 8.60. The Morgan fingerprint density at radius 3 is 2.68 bits per heavy atom. The first-order chi connectivity index (χ1) is 8.96. The molecule has 1 heterocycles. The van der Waals surface area contributed by atoms with E-state index < -0.39 is 9.84 Å². The van der Waals surface area contributed by atoms with E-state index in [1.807, 2.05) is 31.2 Å². The van der Waals surface area contributed by atoms with Crippen LogP contribution in [0.1, 0.15) is 6.92 Å². The van der Waals surface area contributed by atoms with Crippen molar-refractivity contribution in [2.45, 2.75) is 13.0 Å². The molecular weight excluding hydrogens is 284 g/mol. The van der Waals surface area contributed by atoms with Crippen LogP contribution in [0.3, 0.4) is 0 Å². The molecule has 1 N–H and O–H groups in total. The van der Waals surface area contributed by atoms with Gasteiger partial charge in [0, 0.05) is 36.4 Å². The molecule has 2 rings (SSSR count). The highest BCUT2D eigenvalue weighted by atomic mass is 35.5. The summed E-state index contributed by atoms with van der Waals surface area (Å²) >= 11 is 5.82. The summed E-state index contributed by atoms with van der Waals surface area (Å²) < 4.78 is 23.0. The van der Waals surface area contributed by atoms with E-state index >= 15 is 0 Å². The highest BCUT2D eigenvalue weighted by Crippen LogP contribution is 2.14. The molecule has 0 saturated carbocycles. The topological polar surface area (TPSA) is 49.4 Å². The van der Waals surface area contributed by atoms with Crippen molar-refractivity contribution in [3.63, 3.8) is 0 Å². The number of nitrogens with one attached hydrogen (secondary N) is 1. The summed E-state index contributed by atoms with van der Waals surface area (Å²) in [4.78, 5) is 2.21. The van der Waals surface area contributed by atoms with Crippen LogP contribution < -0.4 is 5.32 Å². The Balaban J connectivity index is 1.78. The van der Waals surface area contributed by atoms with Crippen LogP contribution in [0.15, 0.2) is 24.3 Å². The van der Waals surface area contributed by atoms with Crippen LogP contribution >= 0.6 is 11.6 Å². The van der Waals surface area contributed by atoms with Crippen molar-refractivity contribution < 1.29 is 8.42 Å². The number of nitrogens with zero attached hydrogens (tertiary/aromatic N) is 1. The van der Waals surface area contributed by atoms with E-state index in [1.165, 1.54) is 0 Å². The lowest BCUT2D eigenvalue weighted by atomic mass is 10.3. The first kappa shape index (κ1) is 14.6. The second-order valence-corrected chi connectivity index (χ2v) is 7.60. The molecule has 0 aromatic heterocycles. The molecule has 1 unspecified atom stereocenters. The number of benzene rings is 1. The van der Waals surface area contributed by atoms with E-state index in [0.717, 1.165) is 23.8 Å². The van der Waals surface area contributed by atoms with E-state index in [9.17, 15) is 8.42 Å². The Hall–Kier alpha value is -0.780. The van der Waals surface area contributed by atoms with Gasteiger partial charge in [-0.3, -0.25) is 4.90 Å². The van der Waals surface area contributed by atoms with Gasteiger partial charge in [-0.15, -0.1) is 0 Å². The van der Waals surface area contributed by atoms with Gasteiger partial charge in [0.25, 0.3) is 0 Å². The third kappa shape index (κ3) is 4.37. The number of rotatable bonds is 4. The van der Waals surface area contributed by atoms with Gasteiger partial charge in [0.2, 0.25) is 0 Å². The fraction of sp³-hybridized carbons (Fsp3) is 0.538. The van der Waals surface area contributed by atoms with Crippen LogP contribution in [0.5, 0.6) is 0 Å². The fourth-order valence-electron chi connectivity index (χ4n) is 2.28. The SMILES string of the molecule is CC1CS(=O)(=O)CCN1CCNc1ccc(Cl)cc1. The zero-order valence-corrected chi connectivity index (χ0v) is 12.5. The number of anilines is 1. The second-order valence-electron chi connectivity index (χ2n) is 4.93. The number of hydrogen-bond acceptors (Lipinski definition) is 4. The van der Waals surface area contributed by atoms with Crippen molar-refractivity contribution in [3.8, 4) is 0 Å². The molecule has 1 atom stereocenters. The summed E-state index contributed by atoms with van der Waals surface area (Å²) in [6.45, 7) is 4.25. The third-order valence-electron chi connectivity index (χ3n) is 3.38. The number of halogens is 1. The molecule has 4 nitrogen and oxygen atoms in total. The van der Waals surface area contributed by atoms with Crippen LogP contribution in [-0.4, -0.2) is 50.5 Å². The number of hydrogen-bond donors (Lipinski definition) is 1. The normalized spacial score (nSPS) is 23.2. The minimum atomic E-state index is -2.82. The van der Waals surface area contributed by atoms with Crippen molar-refractivity contribution in [2.75, 3.05) is 36.5 Å². The highest BCUT2D eigenvalue weighted by molar-refractivity contribution is 7.91. The van der Waals surface area contributed by atoms with Crippen LogP contribution in [0, 0.1) is 0 Å². The van der Waals surface area contributed by atoms with E-state index in [-0.39, 0.29) is 17.5 Å². The summed E-state index contributed by atoms with van der Waals surface area (Å²) in [7, 11) is -2.82. The second kappa shape index (κ2) is 6.11. The summed E-state index contributed by atoms with van der Waals surface area (Å²) in [5.41, 5.74) is 1.03. The molecule has 0 spiro atoms. The van der Waals surface area contributed by atoms with Crippen LogP contribution in [0.4, 0.5) is 5.69 Å². The Morgan fingerprint density at radius 2 is 2.05 bits per heavy atom. The minimum Gasteiger partial charge on any atom is -0.384 e. The quantitative estimate of drug-likeness (QED) is 0.922. The van der Waals surface area contributed by atoms with Gasteiger partial charge in [0.1, 0.15) is 0 Å². The van der Waals surface area contributed by atoms with E-state index in [2.05, 4.69) is 10.2 Å². The molecule has 1 aliphatic rings. The van der Waals surface area contributed by atoms with Gasteiger partial charge in [-0.05, 0) is 31.2 Å². The maximum atomic E-state index is 11.5. The molecule has 0 aliphatic carbocycles. The molecule has 1 saturated heterocycles.